The van der Waals surface area contributed by atoms with Crippen LogP contribution in [0.1, 0.15) is 37.6 Å². The number of aromatic nitrogens is 1. The summed E-state index contributed by atoms with van der Waals surface area (Å²) in [6.07, 6.45) is 2.55. The lowest BCUT2D eigenvalue weighted by Crippen LogP contribution is -2.11. The molecule has 0 saturated carbocycles. The van der Waals surface area contributed by atoms with Crippen LogP contribution in [0.15, 0.2) is 12.3 Å². The van der Waals surface area contributed by atoms with E-state index in [0.717, 1.165) is 6.42 Å². The van der Waals surface area contributed by atoms with Crippen LogP contribution in [-0.4, -0.2) is 36.8 Å². The second-order valence-corrected chi connectivity index (χ2v) is 4.88. The summed E-state index contributed by atoms with van der Waals surface area (Å²) in [6.45, 7) is 7.47. The summed E-state index contributed by atoms with van der Waals surface area (Å²) in [7, 11) is 0. The molecule has 1 rings (SSSR count). The highest BCUT2D eigenvalue weighted by Crippen LogP contribution is 2.20. The number of rotatable bonds is 8. The number of nitrogens with zero attached hydrogens (tertiary/aromatic N) is 1. The number of ether oxygens (including phenoxy) is 2. The lowest BCUT2D eigenvalue weighted by atomic mass is 10.3. The van der Waals surface area contributed by atoms with Crippen LogP contribution in [0.3, 0.4) is 0 Å². The lowest BCUT2D eigenvalue weighted by Gasteiger charge is -2.10. The van der Waals surface area contributed by atoms with Crippen LogP contribution < -0.4 is 5.32 Å². The molecule has 0 saturated heterocycles. The van der Waals surface area contributed by atoms with Crippen molar-refractivity contribution in [2.45, 2.75) is 33.3 Å². The first-order chi connectivity index (χ1) is 9.54. The first kappa shape index (κ1) is 16.7. The Kier molecular flexibility index (Phi) is 7.33. The molecule has 0 spiro atoms. The van der Waals surface area contributed by atoms with Crippen molar-refractivity contribution in [1.29, 1.82) is 0 Å². The fraction of sp³-hybridized carbons (Fsp3) is 0.571. The predicted octanol–water partition coefficient (Wildman–Crippen LogP) is 3.14. The number of halogens is 1. The van der Waals surface area contributed by atoms with E-state index >= 15 is 0 Å². The quantitative estimate of drug-likeness (QED) is 0.590. The molecule has 1 heterocycles. The number of hydrogen-bond acceptors (Lipinski definition) is 5. The second-order valence-electron chi connectivity index (χ2n) is 4.47. The Hall–Kier alpha value is -1.33. The van der Waals surface area contributed by atoms with Gasteiger partial charge in [0.05, 0.1) is 23.3 Å². The van der Waals surface area contributed by atoms with Crippen LogP contribution in [-0.2, 0) is 9.47 Å². The molecule has 5 nitrogen and oxygen atoms in total. The van der Waals surface area contributed by atoms with E-state index in [1.54, 1.807) is 13.0 Å². The molecule has 1 aromatic heterocycles. The lowest BCUT2D eigenvalue weighted by molar-refractivity contribution is 0.0526. The normalized spacial score (nSPS) is 10.7. The van der Waals surface area contributed by atoms with Crippen molar-refractivity contribution in [3.63, 3.8) is 0 Å². The smallest absolute Gasteiger partial charge is 0.339 e. The number of carbonyl (C=O) groups is 1. The Morgan fingerprint density at radius 3 is 2.85 bits per heavy atom. The molecule has 0 aliphatic heterocycles. The summed E-state index contributed by atoms with van der Waals surface area (Å²) < 4.78 is 10.3. The van der Waals surface area contributed by atoms with Gasteiger partial charge >= 0.3 is 5.97 Å². The number of hydrogen-bond donors (Lipinski definition) is 1. The molecule has 6 heteroatoms. The van der Waals surface area contributed by atoms with Gasteiger partial charge in [-0.25, -0.2) is 9.78 Å². The van der Waals surface area contributed by atoms with Crippen LogP contribution in [0.4, 0.5) is 5.82 Å². The minimum Gasteiger partial charge on any atom is -0.462 e. The molecule has 0 fully saturated rings. The van der Waals surface area contributed by atoms with Gasteiger partial charge in [-0.15, -0.1) is 0 Å². The van der Waals surface area contributed by atoms with Gasteiger partial charge in [0, 0.05) is 19.3 Å². The van der Waals surface area contributed by atoms with Crippen LogP contribution >= 0.6 is 11.6 Å². The number of anilines is 1. The molecule has 0 bridgehead atoms. The van der Waals surface area contributed by atoms with Crippen molar-refractivity contribution in [2.75, 3.05) is 25.1 Å². The van der Waals surface area contributed by atoms with Crippen molar-refractivity contribution in [1.82, 2.24) is 4.98 Å². The zero-order chi connectivity index (χ0) is 15.0. The monoisotopic (exact) mass is 300 g/mol. The maximum Gasteiger partial charge on any atom is 0.339 e. The van der Waals surface area contributed by atoms with E-state index in [0.29, 0.717) is 36.2 Å². The molecule has 1 aromatic rings. The zero-order valence-corrected chi connectivity index (χ0v) is 12.9. The van der Waals surface area contributed by atoms with Crippen LogP contribution in [0, 0.1) is 0 Å². The van der Waals surface area contributed by atoms with Gasteiger partial charge in [0.1, 0.15) is 5.82 Å². The second kappa shape index (κ2) is 8.76. The van der Waals surface area contributed by atoms with E-state index in [-0.39, 0.29) is 6.10 Å². The molecule has 0 atom stereocenters. The Labute approximate surface area is 124 Å². The molecule has 1 N–H and O–H groups in total. The van der Waals surface area contributed by atoms with E-state index in [4.69, 9.17) is 21.1 Å². The summed E-state index contributed by atoms with van der Waals surface area (Å²) in [5, 5.41) is 3.51. The van der Waals surface area contributed by atoms with Crippen LogP contribution in [0.5, 0.6) is 0 Å². The summed E-state index contributed by atoms with van der Waals surface area (Å²) in [6, 6.07) is 1.56. The molecule has 0 aromatic carbocycles. The van der Waals surface area contributed by atoms with Gasteiger partial charge in [0.15, 0.2) is 0 Å². The van der Waals surface area contributed by atoms with Gasteiger partial charge in [-0.3, -0.25) is 0 Å². The third-order valence-corrected chi connectivity index (χ3v) is 2.71. The van der Waals surface area contributed by atoms with Gasteiger partial charge in [0.2, 0.25) is 0 Å². The number of carbonyl (C=O) groups excluding carboxylic acids is 1. The maximum atomic E-state index is 11.5. The molecule has 0 unspecified atom stereocenters. The van der Waals surface area contributed by atoms with Crippen molar-refractivity contribution >= 4 is 23.4 Å². The average Bonchev–Trinajstić information content (AvgIpc) is 2.39. The number of pyridine rings is 1. The molecule has 0 radical (unpaired) electrons. The summed E-state index contributed by atoms with van der Waals surface area (Å²) in [4.78, 5) is 15.6. The molecule has 0 amide bonds. The van der Waals surface area contributed by atoms with E-state index in [1.165, 1.54) is 6.20 Å². The number of esters is 1. The summed E-state index contributed by atoms with van der Waals surface area (Å²) in [5.74, 6) is 0.142. The minimum absolute atomic E-state index is 0.237. The maximum absolute atomic E-state index is 11.5. The first-order valence-electron chi connectivity index (χ1n) is 6.72. The third-order valence-electron chi connectivity index (χ3n) is 2.42. The van der Waals surface area contributed by atoms with Gasteiger partial charge in [-0.1, -0.05) is 11.6 Å². The van der Waals surface area contributed by atoms with E-state index < -0.39 is 5.97 Å². The average molecular weight is 301 g/mol. The van der Waals surface area contributed by atoms with Crippen molar-refractivity contribution in [3.8, 4) is 0 Å². The highest BCUT2D eigenvalue weighted by Gasteiger charge is 2.10. The van der Waals surface area contributed by atoms with Crippen molar-refractivity contribution < 1.29 is 14.3 Å². The molecular formula is C14H21ClN2O3. The fourth-order valence-corrected chi connectivity index (χ4v) is 1.73. The fourth-order valence-electron chi connectivity index (χ4n) is 1.49. The summed E-state index contributed by atoms with van der Waals surface area (Å²) >= 11 is 6.07. The third kappa shape index (κ3) is 5.75. The molecule has 0 aliphatic carbocycles. The Bertz CT molecular complexity index is 438. The van der Waals surface area contributed by atoms with E-state index in [9.17, 15) is 4.79 Å². The van der Waals surface area contributed by atoms with E-state index in [2.05, 4.69) is 10.3 Å². The number of nitrogens with one attached hydrogen (secondary N) is 1. The van der Waals surface area contributed by atoms with Crippen molar-refractivity contribution in [3.05, 3.63) is 22.8 Å². The zero-order valence-electron chi connectivity index (χ0n) is 12.1. The SMILES string of the molecule is CCOC(=O)c1cnc(NCCCOC(C)C)c(Cl)c1. The molecule has 20 heavy (non-hydrogen) atoms. The highest BCUT2D eigenvalue weighted by molar-refractivity contribution is 6.33. The molecule has 112 valence electrons. The standard InChI is InChI=1S/C14H21ClN2O3/c1-4-19-14(18)11-8-12(15)13(17-9-11)16-6-5-7-20-10(2)3/h8-10H,4-7H2,1-3H3,(H,16,17). The van der Waals surface area contributed by atoms with Crippen LogP contribution in [0.25, 0.3) is 0 Å². The van der Waals surface area contributed by atoms with Crippen LogP contribution in [0.2, 0.25) is 5.02 Å². The minimum atomic E-state index is -0.418. The van der Waals surface area contributed by atoms with Gasteiger partial charge in [-0.2, -0.15) is 0 Å². The summed E-state index contributed by atoms with van der Waals surface area (Å²) in [5.41, 5.74) is 0.352. The molecular weight excluding hydrogens is 280 g/mol. The topological polar surface area (TPSA) is 60.5 Å². The van der Waals surface area contributed by atoms with Gasteiger partial charge in [0.25, 0.3) is 0 Å². The van der Waals surface area contributed by atoms with Gasteiger partial charge in [-0.05, 0) is 33.3 Å². The Morgan fingerprint density at radius 1 is 1.50 bits per heavy atom. The van der Waals surface area contributed by atoms with Gasteiger partial charge < -0.3 is 14.8 Å². The first-order valence-corrected chi connectivity index (χ1v) is 7.10. The Morgan fingerprint density at radius 2 is 2.25 bits per heavy atom. The predicted molar refractivity (Wildman–Crippen MR) is 79.4 cm³/mol. The Balaban J connectivity index is 2.45. The van der Waals surface area contributed by atoms with Crippen molar-refractivity contribution in [2.24, 2.45) is 0 Å². The molecule has 0 aliphatic rings. The van der Waals surface area contributed by atoms with E-state index in [1.807, 2.05) is 13.8 Å². The highest BCUT2D eigenvalue weighted by atomic mass is 35.5. The largest absolute Gasteiger partial charge is 0.462 e.